The molecule has 3 nitrogen and oxygen atoms in total. The van der Waals surface area contributed by atoms with Gasteiger partial charge in [-0.1, -0.05) is 18.2 Å². The van der Waals surface area contributed by atoms with Crippen molar-refractivity contribution >= 4 is 0 Å². The molecule has 1 aromatic carbocycles. The molecule has 1 heterocycles. The normalized spacial score (nSPS) is 10.3. The minimum Gasteiger partial charge on any atom is -0.493 e. The number of ether oxygens (including phenoxy) is 1. The molecule has 0 fully saturated rings. The van der Waals surface area contributed by atoms with E-state index < -0.39 is 0 Å². The first kappa shape index (κ1) is 12.6. The van der Waals surface area contributed by atoms with Gasteiger partial charge in [0.1, 0.15) is 5.75 Å². The Morgan fingerprint density at radius 3 is 2.56 bits per heavy atom. The van der Waals surface area contributed by atoms with Crippen molar-refractivity contribution in [3.63, 3.8) is 0 Å². The van der Waals surface area contributed by atoms with Crippen molar-refractivity contribution in [3.8, 4) is 5.75 Å². The molecule has 2 N–H and O–H groups in total. The molecule has 0 spiro atoms. The molecule has 18 heavy (non-hydrogen) atoms. The summed E-state index contributed by atoms with van der Waals surface area (Å²) in [5.74, 6) is 0.942. The first-order valence-corrected chi connectivity index (χ1v) is 6.20. The number of nitrogens with two attached hydrogens (primary N) is 1. The van der Waals surface area contributed by atoms with E-state index >= 15 is 0 Å². The fourth-order valence-corrected chi connectivity index (χ4v) is 1.83. The number of hydrogen-bond acceptors (Lipinski definition) is 3. The summed E-state index contributed by atoms with van der Waals surface area (Å²) >= 11 is 0. The van der Waals surface area contributed by atoms with Crippen molar-refractivity contribution in [1.82, 2.24) is 4.98 Å². The van der Waals surface area contributed by atoms with Gasteiger partial charge in [0.2, 0.25) is 0 Å². The van der Waals surface area contributed by atoms with E-state index in [4.69, 9.17) is 10.5 Å². The molecular weight excluding hydrogens is 224 g/mol. The Labute approximate surface area is 108 Å². The van der Waals surface area contributed by atoms with Gasteiger partial charge in [0.15, 0.2) is 0 Å². The largest absolute Gasteiger partial charge is 0.493 e. The zero-order valence-electron chi connectivity index (χ0n) is 10.4. The van der Waals surface area contributed by atoms with E-state index in [9.17, 15) is 0 Å². The SMILES string of the molecule is NCCc1ccccc1OCCc1ccncc1. The van der Waals surface area contributed by atoms with Crippen LogP contribution in [0.25, 0.3) is 0 Å². The van der Waals surface area contributed by atoms with Crippen molar-refractivity contribution in [2.24, 2.45) is 5.73 Å². The predicted octanol–water partition coefficient (Wildman–Crippen LogP) is 2.20. The van der Waals surface area contributed by atoms with Crippen LogP contribution < -0.4 is 10.5 Å². The van der Waals surface area contributed by atoms with Gasteiger partial charge in [-0.25, -0.2) is 0 Å². The van der Waals surface area contributed by atoms with Crippen LogP contribution in [0.4, 0.5) is 0 Å². The highest BCUT2D eigenvalue weighted by molar-refractivity contribution is 5.33. The monoisotopic (exact) mass is 242 g/mol. The van der Waals surface area contributed by atoms with E-state index in [1.807, 2.05) is 30.3 Å². The Hall–Kier alpha value is -1.87. The van der Waals surface area contributed by atoms with Crippen LogP contribution in [0.5, 0.6) is 5.75 Å². The molecule has 0 atom stereocenters. The maximum Gasteiger partial charge on any atom is 0.122 e. The topological polar surface area (TPSA) is 48.1 Å². The molecule has 1 aromatic heterocycles. The van der Waals surface area contributed by atoms with Crippen molar-refractivity contribution in [1.29, 1.82) is 0 Å². The maximum atomic E-state index is 5.82. The first-order valence-electron chi connectivity index (χ1n) is 6.20. The van der Waals surface area contributed by atoms with Crippen LogP contribution in [0, 0.1) is 0 Å². The lowest BCUT2D eigenvalue weighted by atomic mass is 10.1. The van der Waals surface area contributed by atoms with Crippen LogP contribution in [0.1, 0.15) is 11.1 Å². The summed E-state index contributed by atoms with van der Waals surface area (Å²) in [6, 6.07) is 12.1. The summed E-state index contributed by atoms with van der Waals surface area (Å²) in [5, 5.41) is 0. The Bertz CT molecular complexity index is 471. The van der Waals surface area contributed by atoms with Crippen molar-refractivity contribution in [2.75, 3.05) is 13.2 Å². The van der Waals surface area contributed by atoms with Crippen LogP contribution in [-0.4, -0.2) is 18.1 Å². The number of benzene rings is 1. The van der Waals surface area contributed by atoms with E-state index in [0.717, 1.165) is 18.6 Å². The summed E-state index contributed by atoms with van der Waals surface area (Å²) in [7, 11) is 0. The van der Waals surface area contributed by atoms with Gasteiger partial charge < -0.3 is 10.5 Å². The first-order chi connectivity index (χ1) is 8.90. The third-order valence-corrected chi connectivity index (χ3v) is 2.78. The van der Waals surface area contributed by atoms with Gasteiger partial charge in [0.05, 0.1) is 6.61 Å². The Balaban J connectivity index is 1.90. The van der Waals surface area contributed by atoms with E-state index in [1.54, 1.807) is 12.4 Å². The summed E-state index contributed by atoms with van der Waals surface area (Å²) in [4.78, 5) is 4.00. The molecule has 94 valence electrons. The zero-order chi connectivity index (χ0) is 12.6. The number of pyridine rings is 1. The minimum atomic E-state index is 0.644. The van der Waals surface area contributed by atoms with Crippen molar-refractivity contribution in [3.05, 3.63) is 59.9 Å². The number of hydrogen-bond donors (Lipinski definition) is 1. The Morgan fingerprint density at radius 2 is 1.78 bits per heavy atom. The van der Waals surface area contributed by atoms with Gasteiger partial charge >= 0.3 is 0 Å². The van der Waals surface area contributed by atoms with Crippen LogP contribution in [-0.2, 0) is 12.8 Å². The van der Waals surface area contributed by atoms with E-state index in [2.05, 4.69) is 11.1 Å². The average molecular weight is 242 g/mol. The number of nitrogens with zero attached hydrogens (tertiary/aromatic N) is 1. The molecule has 0 saturated heterocycles. The molecule has 0 aliphatic carbocycles. The van der Waals surface area contributed by atoms with E-state index in [1.165, 1.54) is 11.1 Å². The smallest absolute Gasteiger partial charge is 0.122 e. The summed E-state index contributed by atoms with van der Waals surface area (Å²) in [6.45, 7) is 1.32. The third kappa shape index (κ3) is 3.57. The molecule has 0 amide bonds. The molecule has 2 rings (SSSR count). The van der Waals surface area contributed by atoms with Crippen LogP contribution in [0.3, 0.4) is 0 Å². The van der Waals surface area contributed by atoms with Crippen molar-refractivity contribution in [2.45, 2.75) is 12.8 Å². The predicted molar refractivity (Wildman–Crippen MR) is 72.6 cm³/mol. The molecule has 2 aromatic rings. The molecule has 3 heteroatoms. The molecule has 0 radical (unpaired) electrons. The van der Waals surface area contributed by atoms with Gasteiger partial charge in [0, 0.05) is 18.8 Å². The number of rotatable bonds is 6. The quantitative estimate of drug-likeness (QED) is 0.844. The Kier molecular flexibility index (Phi) is 4.73. The fourth-order valence-electron chi connectivity index (χ4n) is 1.83. The molecule has 0 aliphatic heterocycles. The molecule has 0 saturated carbocycles. The van der Waals surface area contributed by atoms with Crippen LogP contribution in [0.15, 0.2) is 48.8 Å². The molecule has 0 unspecified atom stereocenters. The minimum absolute atomic E-state index is 0.644. The molecule has 0 aliphatic rings. The highest BCUT2D eigenvalue weighted by Gasteiger charge is 2.01. The second-order valence-corrected chi connectivity index (χ2v) is 4.10. The average Bonchev–Trinajstić information content (AvgIpc) is 2.42. The summed E-state index contributed by atoms with van der Waals surface area (Å²) in [6.07, 6.45) is 5.35. The van der Waals surface area contributed by atoms with E-state index in [0.29, 0.717) is 13.2 Å². The summed E-state index contributed by atoms with van der Waals surface area (Å²) < 4.78 is 5.82. The van der Waals surface area contributed by atoms with E-state index in [-0.39, 0.29) is 0 Å². The second-order valence-electron chi connectivity index (χ2n) is 4.10. The van der Waals surface area contributed by atoms with Crippen molar-refractivity contribution < 1.29 is 4.74 Å². The molecular formula is C15H18N2O. The van der Waals surface area contributed by atoms with Gasteiger partial charge in [-0.2, -0.15) is 0 Å². The van der Waals surface area contributed by atoms with Gasteiger partial charge in [0.25, 0.3) is 0 Å². The third-order valence-electron chi connectivity index (χ3n) is 2.78. The van der Waals surface area contributed by atoms with Gasteiger partial charge in [-0.15, -0.1) is 0 Å². The second kappa shape index (κ2) is 6.77. The standard InChI is InChI=1S/C15H18N2O/c16-9-5-14-3-1-2-4-15(14)18-12-8-13-6-10-17-11-7-13/h1-4,6-7,10-11H,5,8-9,12,16H2. The van der Waals surface area contributed by atoms with Gasteiger partial charge in [-0.3, -0.25) is 4.98 Å². The lowest BCUT2D eigenvalue weighted by Crippen LogP contribution is -2.07. The Morgan fingerprint density at radius 1 is 1.00 bits per heavy atom. The zero-order valence-corrected chi connectivity index (χ0v) is 10.4. The maximum absolute atomic E-state index is 5.82. The summed E-state index contributed by atoms with van der Waals surface area (Å²) in [5.41, 5.74) is 8.00. The number of aromatic nitrogens is 1. The highest BCUT2D eigenvalue weighted by Crippen LogP contribution is 2.18. The fraction of sp³-hybridized carbons (Fsp3) is 0.267. The van der Waals surface area contributed by atoms with Crippen LogP contribution in [0.2, 0.25) is 0 Å². The highest BCUT2D eigenvalue weighted by atomic mass is 16.5. The lowest BCUT2D eigenvalue weighted by molar-refractivity contribution is 0.318. The van der Waals surface area contributed by atoms with Crippen LogP contribution >= 0.6 is 0 Å². The number of para-hydroxylation sites is 1. The van der Waals surface area contributed by atoms with Gasteiger partial charge in [-0.05, 0) is 42.3 Å². The molecule has 0 bridgehead atoms. The lowest BCUT2D eigenvalue weighted by Gasteiger charge is -2.10.